The maximum Gasteiger partial charge on any atom is 0.330 e. The Balaban J connectivity index is 2.35. The second kappa shape index (κ2) is 4.41. The summed E-state index contributed by atoms with van der Waals surface area (Å²) in [5, 5.41) is 28.0. The van der Waals surface area contributed by atoms with Crippen molar-refractivity contribution in [2.75, 3.05) is 6.61 Å². The van der Waals surface area contributed by atoms with Crippen molar-refractivity contribution in [3.8, 4) is 0 Å². The monoisotopic (exact) mass is 243 g/mol. The minimum absolute atomic E-state index is 0.224. The molecule has 2 rings (SSSR count). The zero-order valence-electron chi connectivity index (χ0n) is 8.61. The zero-order chi connectivity index (χ0) is 12.6. The molecule has 3 atom stereocenters. The fourth-order valence-electron chi connectivity index (χ4n) is 1.58. The third kappa shape index (κ3) is 2.03. The van der Waals surface area contributed by atoms with E-state index in [1.807, 2.05) is 4.98 Å². The van der Waals surface area contributed by atoms with E-state index in [9.17, 15) is 19.8 Å². The molecule has 1 aromatic rings. The van der Waals surface area contributed by atoms with Crippen LogP contribution in [0.2, 0.25) is 0 Å². The number of rotatable bonds is 2. The van der Waals surface area contributed by atoms with Crippen molar-refractivity contribution >= 4 is 0 Å². The lowest BCUT2D eigenvalue weighted by molar-refractivity contribution is -0.00686. The van der Waals surface area contributed by atoms with Crippen LogP contribution in [-0.4, -0.2) is 49.8 Å². The highest BCUT2D eigenvalue weighted by molar-refractivity contribution is 5.05. The van der Waals surface area contributed by atoms with Gasteiger partial charge in [0, 0.05) is 12.3 Å². The smallest absolute Gasteiger partial charge is 0.330 e. The summed E-state index contributed by atoms with van der Waals surface area (Å²) in [6.07, 6.45) is -2.87. The van der Waals surface area contributed by atoms with Crippen LogP contribution >= 0.6 is 0 Å². The summed E-state index contributed by atoms with van der Waals surface area (Å²) in [6, 6.07) is 1.07. The quantitative estimate of drug-likeness (QED) is 0.438. The molecule has 2 heterocycles. The maximum atomic E-state index is 11.4. The molecule has 17 heavy (non-hydrogen) atoms. The standard InChI is InChI=1S/C9H11N2O6/c12-3-4-6(14)7(15)8(17-4)11-2-1-5(13)10-9(11)16/h1-2,4,6-7,12,14-15H,3H2,(H,10,13,16)/t4-,6-,7-/m1/s1. The Morgan fingerprint density at radius 3 is 2.65 bits per heavy atom. The largest absolute Gasteiger partial charge is 0.394 e. The van der Waals surface area contributed by atoms with Crippen LogP contribution in [-0.2, 0) is 4.74 Å². The van der Waals surface area contributed by atoms with Gasteiger partial charge in [0.05, 0.1) is 6.61 Å². The van der Waals surface area contributed by atoms with Crippen LogP contribution in [0.1, 0.15) is 0 Å². The number of aliphatic hydroxyl groups is 3. The second-order valence-electron chi connectivity index (χ2n) is 3.59. The molecule has 0 spiro atoms. The number of nitrogens with zero attached hydrogens (tertiary/aromatic N) is 1. The minimum Gasteiger partial charge on any atom is -0.394 e. The maximum absolute atomic E-state index is 11.4. The van der Waals surface area contributed by atoms with E-state index >= 15 is 0 Å². The van der Waals surface area contributed by atoms with E-state index < -0.39 is 36.2 Å². The minimum atomic E-state index is -1.43. The SMILES string of the molecule is O=c1ccn([C]2O[C@H](CO)[C@@H](O)[C@H]2O)c(=O)[nH]1. The highest BCUT2D eigenvalue weighted by Crippen LogP contribution is 2.26. The van der Waals surface area contributed by atoms with E-state index in [-0.39, 0.29) is 6.23 Å². The van der Waals surface area contributed by atoms with Gasteiger partial charge in [-0.15, -0.1) is 0 Å². The Morgan fingerprint density at radius 1 is 1.41 bits per heavy atom. The molecule has 1 fully saturated rings. The van der Waals surface area contributed by atoms with Gasteiger partial charge in [-0.05, 0) is 0 Å². The van der Waals surface area contributed by atoms with Crippen molar-refractivity contribution in [1.82, 2.24) is 9.55 Å². The Bertz CT molecular complexity index is 509. The molecule has 93 valence electrons. The van der Waals surface area contributed by atoms with Gasteiger partial charge < -0.3 is 20.1 Å². The molecule has 1 saturated heterocycles. The molecule has 0 saturated carbocycles. The van der Waals surface area contributed by atoms with Gasteiger partial charge in [-0.1, -0.05) is 0 Å². The predicted octanol–water partition coefficient (Wildman–Crippen LogP) is -3.01. The van der Waals surface area contributed by atoms with Gasteiger partial charge in [-0.2, -0.15) is 0 Å². The molecule has 0 unspecified atom stereocenters. The number of aromatic nitrogens is 2. The average Bonchev–Trinajstić information content (AvgIpc) is 2.57. The number of hydrogen-bond acceptors (Lipinski definition) is 6. The first-order valence-electron chi connectivity index (χ1n) is 4.87. The van der Waals surface area contributed by atoms with E-state index in [1.54, 1.807) is 0 Å². The molecule has 0 aromatic carbocycles. The predicted molar refractivity (Wildman–Crippen MR) is 53.9 cm³/mol. The van der Waals surface area contributed by atoms with Gasteiger partial charge >= 0.3 is 5.69 Å². The number of hydrogen-bond donors (Lipinski definition) is 4. The molecule has 0 amide bonds. The second-order valence-corrected chi connectivity index (χ2v) is 3.59. The molecule has 1 aliphatic heterocycles. The third-order valence-corrected chi connectivity index (χ3v) is 2.47. The van der Waals surface area contributed by atoms with E-state index in [4.69, 9.17) is 9.84 Å². The van der Waals surface area contributed by atoms with Crippen molar-refractivity contribution in [1.29, 1.82) is 0 Å². The van der Waals surface area contributed by atoms with Gasteiger partial charge in [-0.25, -0.2) is 4.79 Å². The lowest BCUT2D eigenvalue weighted by Crippen LogP contribution is -2.38. The van der Waals surface area contributed by atoms with Crippen LogP contribution in [0.25, 0.3) is 0 Å². The molecular formula is C9H11N2O6. The normalized spacial score (nSPS) is 29.7. The fourth-order valence-corrected chi connectivity index (χ4v) is 1.58. The summed E-state index contributed by atoms with van der Waals surface area (Å²) in [5.74, 6) is 0. The molecule has 8 heteroatoms. The Hall–Kier alpha value is -1.48. The Kier molecular flexibility index (Phi) is 3.11. The first-order chi connectivity index (χ1) is 8.04. The number of aromatic amines is 1. The van der Waals surface area contributed by atoms with E-state index in [2.05, 4.69) is 0 Å². The van der Waals surface area contributed by atoms with Crippen LogP contribution < -0.4 is 11.2 Å². The van der Waals surface area contributed by atoms with Gasteiger partial charge in [0.15, 0.2) is 0 Å². The van der Waals surface area contributed by atoms with Crippen LogP contribution in [0.5, 0.6) is 0 Å². The summed E-state index contributed by atoms with van der Waals surface area (Å²) >= 11 is 0. The summed E-state index contributed by atoms with van der Waals surface area (Å²) in [7, 11) is 0. The molecule has 1 aromatic heterocycles. The van der Waals surface area contributed by atoms with Crippen molar-refractivity contribution < 1.29 is 20.1 Å². The molecular weight excluding hydrogens is 232 g/mol. The van der Waals surface area contributed by atoms with Gasteiger partial charge in [0.1, 0.15) is 18.3 Å². The topological polar surface area (TPSA) is 125 Å². The highest BCUT2D eigenvalue weighted by Gasteiger charge is 2.45. The van der Waals surface area contributed by atoms with Gasteiger partial charge in [0.2, 0.25) is 6.23 Å². The van der Waals surface area contributed by atoms with Crippen molar-refractivity contribution in [2.24, 2.45) is 0 Å². The molecule has 4 N–H and O–H groups in total. The first-order valence-corrected chi connectivity index (χ1v) is 4.87. The number of ether oxygens (including phenoxy) is 1. The van der Waals surface area contributed by atoms with Crippen molar-refractivity contribution in [3.63, 3.8) is 0 Å². The third-order valence-electron chi connectivity index (χ3n) is 2.47. The summed E-state index contributed by atoms with van der Waals surface area (Å²) in [5.41, 5.74) is -1.38. The van der Waals surface area contributed by atoms with Crippen LogP contribution in [0.4, 0.5) is 0 Å². The van der Waals surface area contributed by atoms with E-state index in [0.29, 0.717) is 0 Å². The molecule has 0 aliphatic carbocycles. The van der Waals surface area contributed by atoms with E-state index in [1.165, 1.54) is 0 Å². The summed E-state index contributed by atoms with van der Waals surface area (Å²) < 4.78 is 5.92. The first kappa shape index (κ1) is 12.0. The summed E-state index contributed by atoms with van der Waals surface area (Å²) in [4.78, 5) is 24.3. The van der Waals surface area contributed by atoms with Crippen LogP contribution in [0.15, 0.2) is 21.9 Å². The molecule has 1 aliphatic rings. The van der Waals surface area contributed by atoms with Crippen molar-refractivity contribution in [2.45, 2.75) is 18.3 Å². The molecule has 1 radical (unpaired) electrons. The fraction of sp³-hybridized carbons (Fsp3) is 0.444. The van der Waals surface area contributed by atoms with E-state index in [0.717, 1.165) is 16.8 Å². The Morgan fingerprint density at radius 2 is 2.12 bits per heavy atom. The van der Waals surface area contributed by atoms with Crippen LogP contribution in [0, 0.1) is 6.23 Å². The summed E-state index contributed by atoms with van der Waals surface area (Å²) in [6.45, 7) is -0.500. The Labute approximate surface area is 94.7 Å². The zero-order valence-corrected chi connectivity index (χ0v) is 8.61. The highest BCUT2D eigenvalue weighted by atomic mass is 16.6. The lowest BCUT2D eigenvalue weighted by atomic mass is 10.1. The van der Waals surface area contributed by atoms with Gasteiger partial charge in [0.25, 0.3) is 5.56 Å². The molecule has 8 nitrogen and oxygen atoms in total. The van der Waals surface area contributed by atoms with Gasteiger partial charge in [-0.3, -0.25) is 14.3 Å². The molecule has 0 bridgehead atoms. The lowest BCUT2D eigenvalue weighted by Gasteiger charge is -2.14. The van der Waals surface area contributed by atoms with Crippen molar-refractivity contribution in [3.05, 3.63) is 39.3 Å². The number of aliphatic hydroxyl groups excluding tert-OH is 3. The van der Waals surface area contributed by atoms with Crippen LogP contribution in [0.3, 0.4) is 0 Å². The number of nitrogens with one attached hydrogen (secondary N) is 1. The average molecular weight is 243 g/mol. The number of H-pyrrole nitrogens is 1.